The molecule has 0 bridgehead atoms. The number of anilines is 2. The topological polar surface area (TPSA) is 82.3 Å². The molecule has 0 spiro atoms. The van der Waals surface area contributed by atoms with Crippen LogP contribution in [0.5, 0.6) is 5.88 Å². The van der Waals surface area contributed by atoms with Crippen molar-refractivity contribution in [2.24, 2.45) is 0 Å². The second-order valence-electron chi connectivity index (χ2n) is 4.58. The molecule has 0 saturated carbocycles. The van der Waals surface area contributed by atoms with Crippen molar-refractivity contribution in [2.45, 2.75) is 38.7 Å². The first-order chi connectivity index (χ1) is 9.31. The van der Waals surface area contributed by atoms with Gasteiger partial charge in [0.05, 0.1) is 12.7 Å². The molecule has 1 atom stereocenters. The molecule has 3 N–H and O–H groups in total. The van der Waals surface area contributed by atoms with Crippen LogP contribution in [0.25, 0.3) is 0 Å². The van der Waals surface area contributed by atoms with Crippen LogP contribution < -0.4 is 15.8 Å². The zero-order valence-electron chi connectivity index (χ0n) is 11.4. The summed E-state index contributed by atoms with van der Waals surface area (Å²) in [7, 11) is 0. The van der Waals surface area contributed by atoms with E-state index in [1.807, 2.05) is 6.92 Å². The molecule has 1 saturated heterocycles. The Balaban J connectivity index is 1.83. The van der Waals surface area contributed by atoms with E-state index in [9.17, 15) is 0 Å². The maximum Gasteiger partial charge on any atom is 0.242 e. The van der Waals surface area contributed by atoms with Gasteiger partial charge in [0, 0.05) is 13.2 Å². The number of nitrogens with one attached hydrogen (secondary N) is 1. The Kier molecular flexibility index (Phi) is 5.20. The highest BCUT2D eigenvalue weighted by atomic mass is 16.5. The minimum Gasteiger partial charge on any atom is -0.476 e. The summed E-state index contributed by atoms with van der Waals surface area (Å²) in [5, 5.41) is 3.22. The maximum atomic E-state index is 5.94. The monoisotopic (exact) mass is 266 g/mol. The molecule has 19 heavy (non-hydrogen) atoms. The van der Waals surface area contributed by atoms with E-state index in [1.165, 1.54) is 19.2 Å². The molecular weight excluding hydrogens is 244 g/mol. The van der Waals surface area contributed by atoms with E-state index in [-0.39, 0.29) is 0 Å². The molecule has 2 heterocycles. The van der Waals surface area contributed by atoms with Gasteiger partial charge >= 0.3 is 0 Å². The molecule has 1 fully saturated rings. The van der Waals surface area contributed by atoms with E-state index >= 15 is 0 Å². The molecule has 0 aliphatic carbocycles. The van der Waals surface area contributed by atoms with Crippen molar-refractivity contribution in [3.63, 3.8) is 0 Å². The van der Waals surface area contributed by atoms with Crippen molar-refractivity contribution >= 4 is 11.5 Å². The van der Waals surface area contributed by atoms with Gasteiger partial charge in [0.2, 0.25) is 5.88 Å². The van der Waals surface area contributed by atoms with E-state index in [0.29, 0.717) is 30.1 Å². The number of aromatic nitrogens is 2. The average Bonchev–Trinajstić information content (AvgIpc) is 2.44. The van der Waals surface area contributed by atoms with Crippen LogP contribution in [0.1, 0.15) is 32.6 Å². The Morgan fingerprint density at radius 3 is 3.11 bits per heavy atom. The molecule has 2 rings (SSSR count). The van der Waals surface area contributed by atoms with Crippen LogP contribution in [0, 0.1) is 0 Å². The van der Waals surface area contributed by atoms with Gasteiger partial charge in [-0.2, -0.15) is 4.98 Å². The fourth-order valence-electron chi connectivity index (χ4n) is 2.16. The maximum absolute atomic E-state index is 5.94. The molecular formula is C13H22N4O2. The number of nitrogens with two attached hydrogens (primary N) is 1. The van der Waals surface area contributed by atoms with Gasteiger partial charge in [-0.1, -0.05) is 0 Å². The van der Waals surface area contributed by atoms with Crippen LogP contribution in [0.15, 0.2) is 6.33 Å². The molecule has 1 aliphatic rings. The Morgan fingerprint density at radius 1 is 1.47 bits per heavy atom. The van der Waals surface area contributed by atoms with Gasteiger partial charge in [0.15, 0.2) is 5.82 Å². The normalized spacial score (nSPS) is 19.1. The van der Waals surface area contributed by atoms with Crippen LogP contribution in [-0.2, 0) is 4.74 Å². The van der Waals surface area contributed by atoms with Gasteiger partial charge in [-0.05, 0) is 32.6 Å². The van der Waals surface area contributed by atoms with Gasteiger partial charge in [-0.25, -0.2) is 4.98 Å². The highest BCUT2D eigenvalue weighted by molar-refractivity contribution is 5.66. The zero-order valence-corrected chi connectivity index (χ0v) is 11.4. The standard InChI is InChI=1S/C13H22N4O2/c1-2-18-13-11(14)12(16-9-17-13)15-7-6-10-5-3-4-8-19-10/h9-10H,2-8,14H2,1H3,(H,15,16,17). The Hall–Kier alpha value is -1.56. The molecule has 1 aromatic rings. The first-order valence-electron chi connectivity index (χ1n) is 6.90. The fourth-order valence-corrected chi connectivity index (χ4v) is 2.16. The Morgan fingerprint density at radius 2 is 2.37 bits per heavy atom. The van der Waals surface area contributed by atoms with Crippen molar-refractivity contribution in [3.05, 3.63) is 6.33 Å². The summed E-state index contributed by atoms with van der Waals surface area (Å²) in [5.41, 5.74) is 6.41. The quantitative estimate of drug-likeness (QED) is 0.817. The summed E-state index contributed by atoms with van der Waals surface area (Å²) < 4.78 is 11.0. The lowest BCUT2D eigenvalue weighted by Gasteiger charge is -2.22. The number of rotatable bonds is 6. The second-order valence-corrected chi connectivity index (χ2v) is 4.58. The molecule has 6 heteroatoms. The lowest BCUT2D eigenvalue weighted by atomic mass is 10.1. The largest absolute Gasteiger partial charge is 0.476 e. The van der Waals surface area contributed by atoms with Crippen molar-refractivity contribution < 1.29 is 9.47 Å². The van der Waals surface area contributed by atoms with E-state index < -0.39 is 0 Å². The second kappa shape index (κ2) is 7.13. The minimum absolute atomic E-state index is 0.357. The predicted octanol–water partition coefficient (Wildman–Crippen LogP) is 1.83. The third kappa shape index (κ3) is 3.96. The van der Waals surface area contributed by atoms with Gasteiger partial charge < -0.3 is 20.5 Å². The smallest absolute Gasteiger partial charge is 0.242 e. The molecule has 6 nitrogen and oxygen atoms in total. The van der Waals surface area contributed by atoms with Crippen LogP contribution in [0.4, 0.5) is 11.5 Å². The van der Waals surface area contributed by atoms with Crippen LogP contribution in [0.3, 0.4) is 0 Å². The number of ether oxygens (including phenoxy) is 2. The zero-order chi connectivity index (χ0) is 13.5. The summed E-state index contributed by atoms with van der Waals surface area (Å²) in [6.45, 7) is 4.11. The van der Waals surface area contributed by atoms with Gasteiger partial charge in [-0.3, -0.25) is 0 Å². The average molecular weight is 266 g/mol. The van der Waals surface area contributed by atoms with E-state index in [0.717, 1.165) is 26.0 Å². The molecule has 106 valence electrons. The molecule has 1 unspecified atom stereocenters. The highest BCUT2D eigenvalue weighted by Gasteiger charge is 2.14. The fraction of sp³-hybridized carbons (Fsp3) is 0.692. The van der Waals surface area contributed by atoms with E-state index in [4.69, 9.17) is 15.2 Å². The van der Waals surface area contributed by atoms with Crippen LogP contribution in [-0.4, -0.2) is 35.8 Å². The predicted molar refractivity (Wildman–Crippen MR) is 74.3 cm³/mol. The summed E-state index contributed by atoms with van der Waals surface area (Å²) in [6, 6.07) is 0. The van der Waals surface area contributed by atoms with E-state index in [2.05, 4.69) is 15.3 Å². The summed E-state index contributed by atoms with van der Waals surface area (Å²) in [5.74, 6) is 1.07. The lowest BCUT2D eigenvalue weighted by Crippen LogP contribution is -2.22. The summed E-state index contributed by atoms with van der Waals surface area (Å²) >= 11 is 0. The molecule has 0 aromatic carbocycles. The third-order valence-corrected chi connectivity index (χ3v) is 3.16. The highest BCUT2D eigenvalue weighted by Crippen LogP contribution is 2.24. The Bertz CT molecular complexity index is 394. The van der Waals surface area contributed by atoms with Crippen molar-refractivity contribution in [1.82, 2.24) is 9.97 Å². The number of nitrogen functional groups attached to an aromatic ring is 1. The van der Waals surface area contributed by atoms with Crippen molar-refractivity contribution in [1.29, 1.82) is 0 Å². The molecule has 1 aliphatic heterocycles. The van der Waals surface area contributed by atoms with Gasteiger partial charge in [-0.15, -0.1) is 0 Å². The first-order valence-corrected chi connectivity index (χ1v) is 6.90. The first kappa shape index (κ1) is 13.9. The number of hydrogen-bond acceptors (Lipinski definition) is 6. The van der Waals surface area contributed by atoms with Crippen molar-refractivity contribution in [3.8, 4) is 5.88 Å². The molecule has 0 radical (unpaired) electrons. The van der Waals surface area contributed by atoms with Gasteiger partial charge in [0.1, 0.15) is 12.0 Å². The number of nitrogens with zero attached hydrogens (tertiary/aromatic N) is 2. The summed E-state index contributed by atoms with van der Waals surface area (Å²) in [6.07, 6.45) is 6.37. The molecule has 0 amide bonds. The SMILES string of the molecule is CCOc1ncnc(NCCC2CCCCO2)c1N. The van der Waals surface area contributed by atoms with E-state index in [1.54, 1.807) is 0 Å². The lowest BCUT2D eigenvalue weighted by molar-refractivity contribution is 0.0134. The van der Waals surface area contributed by atoms with Crippen LogP contribution in [0.2, 0.25) is 0 Å². The minimum atomic E-state index is 0.357. The summed E-state index contributed by atoms with van der Waals surface area (Å²) in [4.78, 5) is 8.14. The number of hydrogen-bond donors (Lipinski definition) is 2. The van der Waals surface area contributed by atoms with Crippen molar-refractivity contribution in [2.75, 3.05) is 30.8 Å². The Labute approximate surface area is 113 Å². The molecule has 1 aromatic heterocycles. The van der Waals surface area contributed by atoms with Crippen LogP contribution >= 0.6 is 0 Å². The van der Waals surface area contributed by atoms with Gasteiger partial charge in [0.25, 0.3) is 0 Å². The third-order valence-electron chi connectivity index (χ3n) is 3.16.